The molecule has 6 heteroatoms. The Labute approximate surface area is 133 Å². The highest BCUT2D eigenvalue weighted by Crippen LogP contribution is 2.43. The fourth-order valence-corrected chi connectivity index (χ4v) is 2.22. The second-order valence-corrected chi connectivity index (χ2v) is 4.73. The van der Waals surface area contributed by atoms with Crippen LogP contribution in [0.15, 0.2) is 24.3 Å². The summed E-state index contributed by atoms with van der Waals surface area (Å²) < 4.78 is 21.2. The molecule has 0 aliphatic carbocycles. The third-order valence-corrected chi connectivity index (χ3v) is 3.02. The van der Waals surface area contributed by atoms with Gasteiger partial charge in [0.05, 0.1) is 13.7 Å². The molecule has 0 aromatic heterocycles. The summed E-state index contributed by atoms with van der Waals surface area (Å²) in [6.45, 7) is 4.99. The quantitative estimate of drug-likeness (QED) is 0.623. The number of ether oxygens (including phenoxy) is 4. The fraction of sp³-hybridized carbons (Fsp3) is 0.294. The van der Waals surface area contributed by atoms with Crippen LogP contribution in [0.5, 0.6) is 23.0 Å². The van der Waals surface area contributed by atoms with Crippen LogP contribution in [-0.2, 0) is 9.59 Å². The molecule has 2 aromatic rings. The van der Waals surface area contributed by atoms with Crippen LogP contribution in [0.2, 0.25) is 0 Å². The Morgan fingerprint density at radius 2 is 1.65 bits per heavy atom. The van der Waals surface area contributed by atoms with Crippen LogP contribution >= 0.6 is 0 Å². The predicted molar refractivity (Wildman–Crippen MR) is 84.3 cm³/mol. The number of carbonyl (C=O) groups is 2. The maximum Gasteiger partial charge on any atom is 0.308 e. The molecule has 0 unspecified atom stereocenters. The summed E-state index contributed by atoms with van der Waals surface area (Å²) in [4.78, 5) is 22.7. The van der Waals surface area contributed by atoms with Crippen molar-refractivity contribution in [3.8, 4) is 23.0 Å². The standard InChI is InChI=1S/C17H18O6/c1-5-21-12-6-7-13-14(8-12)15(22-10(2)18)9-16(20-4)17(13)23-11(3)19/h6-9H,5H2,1-4H3. The highest BCUT2D eigenvalue weighted by molar-refractivity contribution is 5.98. The number of hydrogen-bond acceptors (Lipinski definition) is 6. The van der Waals surface area contributed by atoms with E-state index in [1.165, 1.54) is 27.0 Å². The van der Waals surface area contributed by atoms with Crippen molar-refractivity contribution >= 4 is 22.7 Å². The van der Waals surface area contributed by atoms with Crippen LogP contribution in [-0.4, -0.2) is 25.7 Å². The zero-order valence-electron chi connectivity index (χ0n) is 13.5. The summed E-state index contributed by atoms with van der Waals surface area (Å²) in [6, 6.07) is 6.71. The van der Waals surface area contributed by atoms with Gasteiger partial charge in [-0.2, -0.15) is 0 Å². The van der Waals surface area contributed by atoms with Gasteiger partial charge in [0.2, 0.25) is 0 Å². The van der Waals surface area contributed by atoms with Crippen molar-refractivity contribution in [3.63, 3.8) is 0 Å². The number of benzene rings is 2. The van der Waals surface area contributed by atoms with Crippen LogP contribution in [0.3, 0.4) is 0 Å². The topological polar surface area (TPSA) is 71.1 Å². The molecule has 122 valence electrons. The molecule has 23 heavy (non-hydrogen) atoms. The van der Waals surface area contributed by atoms with E-state index >= 15 is 0 Å². The normalized spacial score (nSPS) is 10.3. The summed E-state index contributed by atoms with van der Waals surface area (Å²) in [5.74, 6) is 0.560. The zero-order valence-corrected chi connectivity index (χ0v) is 13.5. The van der Waals surface area contributed by atoms with Gasteiger partial charge in [-0.1, -0.05) is 0 Å². The van der Waals surface area contributed by atoms with Gasteiger partial charge in [0.1, 0.15) is 11.5 Å². The van der Waals surface area contributed by atoms with Crippen LogP contribution in [0, 0.1) is 0 Å². The lowest BCUT2D eigenvalue weighted by molar-refractivity contribution is -0.133. The minimum absolute atomic E-state index is 0.272. The minimum Gasteiger partial charge on any atom is -0.494 e. The number of methoxy groups -OCH3 is 1. The summed E-state index contributed by atoms with van der Waals surface area (Å²) >= 11 is 0. The van der Waals surface area contributed by atoms with E-state index in [0.29, 0.717) is 34.6 Å². The van der Waals surface area contributed by atoms with Gasteiger partial charge < -0.3 is 18.9 Å². The van der Waals surface area contributed by atoms with E-state index in [9.17, 15) is 9.59 Å². The molecular weight excluding hydrogens is 300 g/mol. The average Bonchev–Trinajstić information content (AvgIpc) is 2.49. The first kappa shape index (κ1) is 16.6. The first-order valence-electron chi connectivity index (χ1n) is 7.10. The van der Waals surface area contributed by atoms with Crippen molar-refractivity contribution in [2.24, 2.45) is 0 Å². The fourth-order valence-electron chi connectivity index (χ4n) is 2.22. The van der Waals surface area contributed by atoms with Gasteiger partial charge in [-0.25, -0.2) is 0 Å². The van der Waals surface area contributed by atoms with Gasteiger partial charge in [0, 0.05) is 30.7 Å². The molecule has 0 heterocycles. The van der Waals surface area contributed by atoms with Crippen molar-refractivity contribution in [1.82, 2.24) is 0 Å². The Bertz CT molecular complexity index is 750. The third kappa shape index (κ3) is 3.71. The number of esters is 2. The zero-order chi connectivity index (χ0) is 17.0. The van der Waals surface area contributed by atoms with Crippen LogP contribution in [0.25, 0.3) is 10.8 Å². The van der Waals surface area contributed by atoms with Gasteiger partial charge in [0.15, 0.2) is 11.5 Å². The lowest BCUT2D eigenvalue weighted by atomic mass is 10.1. The Balaban J connectivity index is 2.73. The van der Waals surface area contributed by atoms with Crippen molar-refractivity contribution < 1.29 is 28.5 Å². The third-order valence-electron chi connectivity index (χ3n) is 3.02. The molecule has 2 aromatic carbocycles. The van der Waals surface area contributed by atoms with E-state index in [0.717, 1.165) is 0 Å². The molecule has 0 radical (unpaired) electrons. The lowest BCUT2D eigenvalue weighted by Gasteiger charge is -2.15. The number of carbonyl (C=O) groups excluding carboxylic acids is 2. The summed E-state index contributed by atoms with van der Waals surface area (Å²) in [5.41, 5.74) is 0. The minimum atomic E-state index is -0.473. The second-order valence-electron chi connectivity index (χ2n) is 4.73. The molecule has 0 N–H and O–H groups in total. The monoisotopic (exact) mass is 318 g/mol. The average molecular weight is 318 g/mol. The smallest absolute Gasteiger partial charge is 0.308 e. The van der Waals surface area contributed by atoms with Gasteiger partial charge in [-0.05, 0) is 25.1 Å². The van der Waals surface area contributed by atoms with Gasteiger partial charge in [0.25, 0.3) is 0 Å². The Morgan fingerprint density at radius 1 is 0.957 bits per heavy atom. The molecule has 0 amide bonds. The van der Waals surface area contributed by atoms with E-state index in [2.05, 4.69) is 0 Å². The molecule has 0 atom stereocenters. The number of hydrogen-bond donors (Lipinski definition) is 0. The molecule has 0 saturated carbocycles. The molecule has 0 aliphatic heterocycles. The van der Waals surface area contributed by atoms with Crippen molar-refractivity contribution in [2.45, 2.75) is 20.8 Å². The Morgan fingerprint density at radius 3 is 2.22 bits per heavy atom. The highest BCUT2D eigenvalue weighted by Gasteiger charge is 2.18. The number of fused-ring (bicyclic) bond motifs is 1. The molecule has 0 saturated heterocycles. The second kappa shape index (κ2) is 7.00. The first-order chi connectivity index (χ1) is 11.0. The van der Waals surface area contributed by atoms with Crippen LogP contribution < -0.4 is 18.9 Å². The molecule has 2 rings (SSSR count). The van der Waals surface area contributed by atoms with Crippen LogP contribution in [0.4, 0.5) is 0 Å². The Hall–Kier alpha value is -2.76. The predicted octanol–water partition coefficient (Wildman–Crippen LogP) is 3.10. The maximum atomic E-state index is 11.4. The maximum absolute atomic E-state index is 11.4. The summed E-state index contributed by atoms with van der Waals surface area (Å²) in [6.07, 6.45) is 0. The Kier molecular flexibility index (Phi) is 5.05. The van der Waals surface area contributed by atoms with Gasteiger partial charge >= 0.3 is 11.9 Å². The van der Waals surface area contributed by atoms with Crippen LogP contribution in [0.1, 0.15) is 20.8 Å². The molecule has 6 nitrogen and oxygen atoms in total. The van der Waals surface area contributed by atoms with Gasteiger partial charge in [-0.3, -0.25) is 9.59 Å². The molecule has 0 spiro atoms. The van der Waals surface area contributed by atoms with Crippen molar-refractivity contribution in [1.29, 1.82) is 0 Å². The van der Waals surface area contributed by atoms with Crippen molar-refractivity contribution in [2.75, 3.05) is 13.7 Å². The van der Waals surface area contributed by atoms with Gasteiger partial charge in [-0.15, -0.1) is 0 Å². The van der Waals surface area contributed by atoms with E-state index in [1.54, 1.807) is 18.2 Å². The number of rotatable bonds is 5. The van der Waals surface area contributed by atoms with E-state index < -0.39 is 11.9 Å². The largest absolute Gasteiger partial charge is 0.494 e. The molecule has 0 fully saturated rings. The highest BCUT2D eigenvalue weighted by atomic mass is 16.6. The molecule has 0 bridgehead atoms. The summed E-state index contributed by atoms with van der Waals surface area (Å²) in [5, 5.41) is 1.17. The lowest BCUT2D eigenvalue weighted by Crippen LogP contribution is -2.06. The first-order valence-corrected chi connectivity index (χ1v) is 7.10. The van der Waals surface area contributed by atoms with E-state index in [-0.39, 0.29) is 5.75 Å². The SMILES string of the molecule is CCOc1ccc2c(OC(C)=O)c(OC)cc(OC(C)=O)c2c1. The van der Waals surface area contributed by atoms with E-state index in [1.807, 2.05) is 6.92 Å². The molecular formula is C17H18O6. The van der Waals surface area contributed by atoms with E-state index in [4.69, 9.17) is 18.9 Å². The molecule has 0 aliphatic rings. The summed E-state index contributed by atoms with van der Waals surface area (Å²) in [7, 11) is 1.44. The van der Waals surface area contributed by atoms with Crippen molar-refractivity contribution in [3.05, 3.63) is 24.3 Å².